The Morgan fingerprint density at radius 1 is 1.21 bits per heavy atom. The van der Waals surface area contributed by atoms with E-state index in [2.05, 4.69) is 5.32 Å². The van der Waals surface area contributed by atoms with Crippen molar-refractivity contribution in [1.82, 2.24) is 4.98 Å². The molecule has 0 fully saturated rings. The van der Waals surface area contributed by atoms with Gasteiger partial charge in [-0.05, 0) is 57.0 Å². The van der Waals surface area contributed by atoms with Crippen molar-refractivity contribution in [2.75, 3.05) is 29.9 Å². The third-order valence-electron chi connectivity index (χ3n) is 7.64. The molecular formula is C30H34N4O4. The first kappa shape index (κ1) is 26.0. The maximum atomic E-state index is 13.1. The van der Waals surface area contributed by atoms with Crippen LogP contribution in [-0.4, -0.2) is 46.6 Å². The largest absolute Gasteiger partial charge is 0.395 e. The van der Waals surface area contributed by atoms with Crippen LogP contribution in [0.4, 0.5) is 11.4 Å². The molecule has 3 heterocycles. The molecule has 0 radical (unpaired) electrons. The van der Waals surface area contributed by atoms with Crippen LogP contribution in [0.1, 0.15) is 59.4 Å². The molecular weight excluding hydrogens is 480 g/mol. The summed E-state index contributed by atoms with van der Waals surface area (Å²) in [4.78, 5) is 31.8. The molecule has 1 amide bonds. The number of amides is 1. The summed E-state index contributed by atoms with van der Waals surface area (Å²) in [7, 11) is 0. The summed E-state index contributed by atoms with van der Waals surface area (Å²) in [5.74, 6) is -0.207. The van der Waals surface area contributed by atoms with E-state index >= 15 is 0 Å². The number of Topliss-reactive ketones (excluding diaryl/α,β-unsaturated/α-hetero) is 1. The molecule has 2 aliphatic heterocycles. The molecule has 0 spiro atoms. The van der Waals surface area contributed by atoms with Crippen LogP contribution in [0.5, 0.6) is 0 Å². The summed E-state index contributed by atoms with van der Waals surface area (Å²) < 4.78 is 0. The van der Waals surface area contributed by atoms with Gasteiger partial charge in [-0.15, -0.1) is 0 Å². The van der Waals surface area contributed by atoms with E-state index in [4.69, 9.17) is 10.7 Å². The van der Waals surface area contributed by atoms with E-state index in [1.54, 1.807) is 30.0 Å². The Labute approximate surface area is 222 Å². The highest BCUT2D eigenvalue weighted by atomic mass is 16.3. The van der Waals surface area contributed by atoms with Crippen LogP contribution in [0.15, 0.2) is 48.5 Å². The fourth-order valence-corrected chi connectivity index (χ4v) is 5.27. The molecule has 0 saturated heterocycles. The summed E-state index contributed by atoms with van der Waals surface area (Å²) in [6.07, 6.45) is 0.490. The predicted octanol–water partition coefficient (Wildman–Crippen LogP) is 3.41. The van der Waals surface area contributed by atoms with Gasteiger partial charge in [0.2, 0.25) is 5.91 Å². The average Bonchev–Trinajstić information content (AvgIpc) is 3.37. The SMILES string of the molecule is Cc1ccc(-c2nc(C(C)(O)CCC(=O)c3ccc4c(c3)CC(=O)N4CCO)cc3c2NCC3(C)N)cc1. The number of aliphatic hydroxyl groups is 2. The molecule has 2 unspecified atom stereocenters. The van der Waals surface area contributed by atoms with E-state index in [9.17, 15) is 19.8 Å². The van der Waals surface area contributed by atoms with Crippen LogP contribution in [0.25, 0.3) is 11.3 Å². The Hall–Kier alpha value is -3.59. The van der Waals surface area contributed by atoms with Crippen LogP contribution in [0.3, 0.4) is 0 Å². The van der Waals surface area contributed by atoms with Crippen molar-refractivity contribution >= 4 is 23.1 Å². The summed E-state index contributed by atoms with van der Waals surface area (Å²) in [5, 5.41) is 24.2. The normalized spacial score (nSPS) is 19.6. The highest BCUT2D eigenvalue weighted by Gasteiger charge is 2.37. The molecule has 5 N–H and O–H groups in total. The Balaban J connectivity index is 1.40. The number of ketones is 1. The third kappa shape index (κ3) is 4.71. The number of aryl methyl sites for hydroxylation is 1. The lowest BCUT2D eigenvalue weighted by molar-refractivity contribution is -0.117. The molecule has 8 heteroatoms. The van der Waals surface area contributed by atoms with Gasteiger partial charge in [-0.3, -0.25) is 9.59 Å². The Morgan fingerprint density at radius 3 is 2.66 bits per heavy atom. The smallest absolute Gasteiger partial charge is 0.231 e. The molecule has 38 heavy (non-hydrogen) atoms. The zero-order chi connectivity index (χ0) is 27.2. The molecule has 2 aliphatic rings. The first-order valence-corrected chi connectivity index (χ1v) is 13.0. The van der Waals surface area contributed by atoms with Gasteiger partial charge in [-0.1, -0.05) is 29.8 Å². The van der Waals surface area contributed by atoms with Gasteiger partial charge in [0.15, 0.2) is 5.78 Å². The van der Waals surface area contributed by atoms with Gasteiger partial charge in [-0.2, -0.15) is 0 Å². The Morgan fingerprint density at radius 2 is 1.95 bits per heavy atom. The van der Waals surface area contributed by atoms with Gasteiger partial charge in [0, 0.05) is 41.9 Å². The van der Waals surface area contributed by atoms with Crippen LogP contribution in [-0.2, 0) is 22.4 Å². The number of hydrogen-bond donors (Lipinski definition) is 4. The summed E-state index contributed by atoms with van der Waals surface area (Å²) in [6.45, 7) is 6.33. The number of carbonyl (C=O) groups excluding carboxylic acids is 2. The van der Waals surface area contributed by atoms with Gasteiger partial charge in [0.1, 0.15) is 5.60 Å². The van der Waals surface area contributed by atoms with Crippen LogP contribution in [0.2, 0.25) is 0 Å². The number of hydrogen-bond acceptors (Lipinski definition) is 7. The van der Waals surface area contributed by atoms with Crippen molar-refractivity contribution in [3.63, 3.8) is 0 Å². The number of pyridine rings is 1. The van der Waals surface area contributed by atoms with Gasteiger partial charge in [0.25, 0.3) is 0 Å². The number of nitrogens with two attached hydrogens (primary N) is 1. The minimum atomic E-state index is -1.37. The van der Waals surface area contributed by atoms with E-state index in [1.807, 2.05) is 44.2 Å². The van der Waals surface area contributed by atoms with Crippen LogP contribution >= 0.6 is 0 Å². The molecule has 1 aromatic heterocycles. The molecule has 0 saturated carbocycles. The van der Waals surface area contributed by atoms with Crippen molar-refractivity contribution in [1.29, 1.82) is 0 Å². The molecule has 2 aromatic carbocycles. The second-order valence-electron chi connectivity index (χ2n) is 10.9. The second-order valence-corrected chi connectivity index (χ2v) is 10.9. The topological polar surface area (TPSA) is 129 Å². The lowest BCUT2D eigenvalue weighted by Crippen LogP contribution is -2.35. The van der Waals surface area contributed by atoms with E-state index in [0.717, 1.165) is 39.3 Å². The third-order valence-corrected chi connectivity index (χ3v) is 7.64. The van der Waals surface area contributed by atoms with Crippen molar-refractivity contribution in [2.24, 2.45) is 5.73 Å². The first-order valence-electron chi connectivity index (χ1n) is 13.0. The number of rotatable bonds is 8. The molecule has 198 valence electrons. The van der Waals surface area contributed by atoms with E-state index in [0.29, 0.717) is 17.8 Å². The minimum absolute atomic E-state index is 0.0879. The molecule has 0 aliphatic carbocycles. The first-order chi connectivity index (χ1) is 18.0. The quantitative estimate of drug-likeness (QED) is 0.339. The summed E-state index contributed by atoms with van der Waals surface area (Å²) in [6, 6.07) is 15.1. The molecule has 3 aromatic rings. The molecule has 0 bridgehead atoms. The number of benzene rings is 2. The maximum Gasteiger partial charge on any atom is 0.231 e. The second kappa shape index (κ2) is 9.62. The number of carbonyl (C=O) groups is 2. The van der Waals surface area contributed by atoms with Gasteiger partial charge in [0.05, 0.1) is 35.6 Å². The van der Waals surface area contributed by atoms with Crippen molar-refractivity contribution < 1.29 is 19.8 Å². The number of aromatic nitrogens is 1. The molecule has 2 atom stereocenters. The Kier molecular flexibility index (Phi) is 6.59. The van der Waals surface area contributed by atoms with E-state index < -0.39 is 11.1 Å². The number of nitrogens with zero attached hydrogens (tertiary/aromatic N) is 2. The average molecular weight is 515 g/mol. The van der Waals surface area contributed by atoms with Gasteiger partial charge in [-0.25, -0.2) is 4.98 Å². The van der Waals surface area contributed by atoms with Crippen molar-refractivity contribution in [3.8, 4) is 11.3 Å². The zero-order valence-electron chi connectivity index (χ0n) is 22.0. The Bertz CT molecular complexity index is 1410. The van der Waals surface area contributed by atoms with Crippen LogP contribution in [0, 0.1) is 6.92 Å². The zero-order valence-corrected chi connectivity index (χ0v) is 22.0. The number of aliphatic hydroxyl groups excluding tert-OH is 1. The highest BCUT2D eigenvalue weighted by molar-refractivity contribution is 6.03. The van der Waals surface area contributed by atoms with Crippen molar-refractivity contribution in [3.05, 3.63) is 76.5 Å². The maximum absolute atomic E-state index is 13.1. The van der Waals surface area contributed by atoms with Gasteiger partial charge >= 0.3 is 0 Å². The summed E-state index contributed by atoms with van der Waals surface area (Å²) in [5.41, 5.74) is 11.6. The standard InChI is InChI=1S/C30H34N4O4/c1-18-4-6-19(7-5-18)27-28-22(29(2,31)17-32-28)16-25(33-27)30(3,38)11-10-24(36)20-8-9-23-21(14-20)15-26(37)34(23)12-13-35/h4-9,14,16,32,35,38H,10-13,15,17,31H2,1-3H3. The lowest BCUT2D eigenvalue weighted by atomic mass is 9.87. The van der Waals surface area contributed by atoms with Gasteiger partial charge < -0.3 is 26.2 Å². The number of β-amino-alcohol motifs (C(OH)–C–C–N with tert-alkyl or cyclic N) is 1. The highest BCUT2D eigenvalue weighted by Crippen LogP contribution is 2.42. The molecule has 5 rings (SSSR count). The molecule has 8 nitrogen and oxygen atoms in total. The minimum Gasteiger partial charge on any atom is -0.395 e. The lowest BCUT2D eigenvalue weighted by Gasteiger charge is -2.26. The monoisotopic (exact) mass is 514 g/mol. The predicted molar refractivity (Wildman–Crippen MR) is 147 cm³/mol. The fourth-order valence-electron chi connectivity index (χ4n) is 5.27. The van der Waals surface area contributed by atoms with Crippen LogP contribution < -0.4 is 16.0 Å². The number of anilines is 2. The number of nitrogens with one attached hydrogen (secondary N) is 1. The fraction of sp³-hybridized carbons (Fsp3) is 0.367. The number of fused-ring (bicyclic) bond motifs is 2. The van der Waals surface area contributed by atoms with Crippen molar-refractivity contribution in [2.45, 2.75) is 51.2 Å². The van der Waals surface area contributed by atoms with E-state index in [1.165, 1.54) is 0 Å². The summed E-state index contributed by atoms with van der Waals surface area (Å²) >= 11 is 0. The van der Waals surface area contributed by atoms with E-state index in [-0.39, 0.29) is 44.1 Å².